The lowest BCUT2D eigenvalue weighted by Crippen LogP contribution is -2.54. The van der Waals surface area contributed by atoms with Gasteiger partial charge in [0.2, 0.25) is 0 Å². The van der Waals surface area contributed by atoms with Crippen LogP contribution in [0.2, 0.25) is 0 Å². The number of carbonyl (C=O) groups is 2. The predicted molar refractivity (Wildman–Crippen MR) is 108 cm³/mol. The van der Waals surface area contributed by atoms with Crippen LogP contribution < -0.4 is 0 Å². The number of aromatic amines is 2. The monoisotopic (exact) mass is 372 g/mol. The second-order valence-electron chi connectivity index (χ2n) is 7.28. The molecule has 2 unspecified atom stereocenters. The minimum Gasteiger partial charge on any atom is -0.361 e. The average Bonchev–Trinajstić information content (AvgIpc) is 3.32. The Balaban J connectivity index is 1.60. The molecular weight excluding hydrogens is 352 g/mol. The number of para-hydroxylation sites is 2. The normalized spacial score (nSPS) is 20.5. The maximum absolute atomic E-state index is 13.4. The van der Waals surface area contributed by atoms with Gasteiger partial charge in [-0.1, -0.05) is 36.4 Å². The zero-order valence-electron chi connectivity index (χ0n) is 15.6. The number of benzene rings is 2. The molecule has 3 heterocycles. The third-order valence-corrected chi connectivity index (χ3v) is 5.77. The van der Waals surface area contributed by atoms with Crippen molar-refractivity contribution in [2.24, 2.45) is 0 Å². The van der Waals surface area contributed by atoms with Gasteiger partial charge in [0.25, 0.3) is 11.8 Å². The Bertz CT molecular complexity index is 1130. The van der Waals surface area contributed by atoms with Crippen LogP contribution in [0, 0.1) is 0 Å². The van der Waals surface area contributed by atoms with E-state index < -0.39 is 12.1 Å². The van der Waals surface area contributed by atoms with Crippen molar-refractivity contribution in [1.82, 2.24) is 19.8 Å². The van der Waals surface area contributed by atoms with Gasteiger partial charge in [0.05, 0.1) is 0 Å². The molecule has 2 N–H and O–H groups in total. The van der Waals surface area contributed by atoms with Crippen molar-refractivity contribution in [3.63, 3.8) is 0 Å². The first-order valence-electron chi connectivity index (χ1n) is 9.23. The van der Waals surface area contributed by atoms with E-state index in [-0.39, 0.29) is 11.8 Å². The summed E-state index contributed by atoms with van der Waals surface area (Å²) in [4.78, 5) is 36.3. The van der Waals surface area contributed by atoms with Crippen molar-refractivity contribution in [2.45, 2.75) is 12.1 Å². The third-order valence-electron chi connectivity index (χ3n) is 5.77. The molecule has 0 bridgehead atoms. The number of hydrogen-bond acceptors (Lipinski definition) is 2. The Labute approximate surface area is 161 Å². The summed E-state index contributed by atoms with van der Waals surface area (Å²) in [6, 6.07) is 14.3. The van der Waals surface area contributed by atoms with Gasteiger partial charge in [0, 0.05) is 59.4 Å². The van der Waals surface area contributed by atoms with Gasteiger partial charge in [-0.3, -0.25) is 9.59 Å². The number of carbonyl (C=O) groups excluding carboxylic acids is 2. The van der Waals surface area contributed by atoms with Crippen molar-refractivity contribution < 1.29 is 9.59 Å². The maximum atomic E-state index is 13.4. The van der Waals surface area contributed by atoms with E-state index in [0.29, 0.717) is 0 Å². The van der Waals surface area contributed by atoms with Crippen LogP contribution in [0.25, 0.3) is 21.8 Å². The summed E-state index contributed by atoms with van der Waals surface area (Å²) in [6.45, 7) is 0. The first-order valence-corrected chi connectivity index (χ1v) is 9.23. The molecule has 0 spiro atoms. The molecule has 2 atom stereocenters. The zero-order chi connectivity index (χ0) is 19.4. The van der Waals surface area contributed by atoms with Gasteiger partial charge in [-0.15, -0.1) is 0 Å². The molecule has 0 radical (unpaired) electrons. The van der Waals surface area contributed by atoms with E-state index in [2.05, 4.69) is 9.97 Å². The van der Waals surface area contributed by atoms with Gasteiger partial charge < -0.3 is 19.8 Å². The smallest absolute Gasteiger partial charge is 0.250 e. The Morgan fingerprint density at radius 2 is 1.07 bits per heavy atom. The van der Waals surface area contributed by atoms with Gasteiger partial charge in [0.1, 0.15) is 12.1 Å². The summed E-state index contributed by atoms with van der Waals surface area (Å²) in [5.41, 5.74) is 3.54. The molecule has 1 aliphatic rings. The van der Waals surface area contributed by atoms with Gasteiger partial charge >= 0.3 is 0 Å². The van der Waals surface area contributed by atoms with Crippen LogP contribution in [-0.2, 0) is 9.59 Å². The van der Waals surface area contributed by atoms with Crippen molar-refractivity contribution in [2.75, 3.05) is 14.1 Å². The SMILES string of the molecule is CN1C(=O)C(c2c[nH]c3ccccc23)N(C)C(=O)C1c1c[nH]c2ccccc12. The number of hydrogen-bond donors (Lipinski definition) is 2. The molecule has 2 aromatic heterocycles. The lowest BCUT2D eigenvalue weighted by Gasteiger charge is -2.41. The van der Waals surface area contributed by atoms with Crippen LogP contribution in [-0.4, -0.2) is 45.7 Å². The number of aromatic nitrogens is 2. The fraction of sp³-hybridized carbons (Fsp3) is 0.182. The van der Waals surface area contributed by atoms with Crippen molar-refractivity contribution >= 4 is 33.6 Å². The summed E-state index contributed by atoms with van der Waals surface area (Å²) in [5.74, 6) is -0.190. The molecule has 6 heteroatoms. The Hall–Kier alpha value is -3.54. The average molecular weight is 372 g/mol. The molecule has 6 nitrogen and oxygen atoms in total. The standard InChI is InChI=1S/C22H20N4O2/c1-25-19(15-11-23-17-9-5-3-7-13(15)17)22(28)26(2)20(21(25)27)16-12-24-18-10-6-4-8-14(16)18/h3-12,19-20,23-24H,1-2H3. The number of fused-ring (bicyclic) bond motifs is 2. The molecule has 28 heavy (non-hydrogen) atoms. The summed E-state index contributed by atoms with van der Waals surface area (Å²) in [7, 11) is 3.42. The molecule has 0 aliphatic carbocycles. The first-order chi connectivity index (χ1) is 13.6. The van der Waals surface area contributed by atoms with E-state index in [1.807, 2.05) is 60.9 Å². The largest absolute Gasteiger partial charge is 0.361 e. The fourth-order valence-electron chi connectivity index (χ4n) is 4.30. The number of nitrogens with one attached hydrogen (secondary N) is 2. The zero-order valence-corrected chi connectivity index (χ0v) is 15.6. The van der Waals surface area contributed by atoms with Crippen molar-refractivity contribution in [3.05, 3.63) is 72.1 Å². The number of rotatable bonds is 2. The molecule has 1 aliphatic heterocycles. The highest BCUT2D eigenvalue weighted by Gasteiger charge is 2.45. The highest BCUT2D eigenvalue weighted by atomic mass is 16.2. The van der Waals surface area contributed by atoms with E-state index in [4.69, 9.17) is 0 Å². The Morgan fingerprint density at radius 3 is 1.50 bits per heavy atom. The summed E-state index contributed by atoms with van der Waals surface area (Å²) < 4.78 is 0. The predicted octanol–water partition coefficient (Wildman–Crippen LogP) is 3.36. The number of amides is 2. The number of H-pyrrole nitrogens is 2. The Kier molecular flexibility index (Phi) is 3.55. The van der Waals surface area contributed by atoms with E-state index in [1.54, 1.807) is 23.9 Å². The molecule has 1 saturated heterocycles. The van der Waals surface area contributed by atoms with Crippen molar-refractivity contribution in [1.29, 1.82) is 0 Å². The van der Waals surface area contributed by atoms with E-state index >= 15 is 0 Å². The third kappa shape index (κ3) is 2.21. The Morgan fingerprint density at radius 1 is 0.679 bits per heavy atom. The molecule has 2 amide bonds. The minimum atomic E-state index is -0.643. The molecule has 1 fully saturated rings. The van der Waals surface area contributed by atoms with Crippen molar-refractivity contribution in [3.8, 4) is 0 Å². The lowest BCUT2D eigenvalue weighted by atomic mass is 9.94. The highest BCUT2D eigenvalue weighted by Crippen LogP contribution is 2.39. The second kappa shape index (κ2) is 5.99. The molecule has 140 valence electrons. The van der Waals surface area contributed by atoms with Crippen LogP contribution >= 0.6 is 0 Å². The van der Waals surface area contributed by atoms with E-state index in [9.17, 15) is 9.59 Å². The van der Waals surface area contributed by atoms with Crippen LogP contribution in [0.1, 0.15) is 23.2 Å². The maximum Gasteiger partial charge on any atom is 0.250 e. The van der Waals surface area contributed by atoms with Crippen LogP contribution in [0.4, 0.5) is 0 Å². The minimum absolute atomic E-state index is 0.0952. The quantitative estimate of drug-likeness (QED) is 0.566. The summed E-state index contributed by atoms with van der Waals surface area (Å²) >= 11 is 0. The molecule has 0 saturated carbocycles. The van der Waals surface area contributed by atoms with Crippen LogP contribution in [0.3, 0.4) is 0 Å². The molecule has 5 rings (SSSR count). The fourth-order valence-corrected chi connectivity index (χ4v) is 4.30. The van der Waals surface area contributed by atoms with Gasteiger partial charge in [-0.05, 0) is 12.1 Å². The van der Waals surface area contributed by atoms with Gasteiger partial charge in [-0.25, -0.2) is 0 Å². The van der Waals surface area contributed by atoms with Crippen LogP contribution in [0.15, 0.2) is 60.9 Å². The first kappa shape index (κ1) is 16.6. The summed E-state index contributed by atoms with van der Waals surface area (Å²) in [5, 5.41) is 1.92. The van der Waals surface area contributed by atoms with Gasteiger partial charge in [-0.2, -0.15) is 0 Å². The van der Waals surface area contributed by atoms with Crippen LogP contribution in [0.5, 0.6) is 0 Å². The van der Waals surface area contributed by atoms with Gasteiger partial charge in [0.15, 0.2) is 0 Å². The number of piperazine rings is 1. The second-order valence-corrected chi connectivity index (χ2v) is 7.28. The topological polar surface area (TPSA) is 72.2 Å². The van der Waals surface area contributed by atoms with E-state index in [0.717, 1.165) is 32.9 Å². The molecule has 2 aromatic carbocycles. The van der Waals surface area contributed by atoms with E-state index in [1.165, 1.54) is 0 Å². The highest BCUT2D eigenvalue weighted by molar-refractivity contribution is 6.02. The number of nitrogens with zero attached hydrogens (tertiary/aromatic N) is 2. The summed E-state index contributed by atoms with van der Waals surface area (Å²) in [6.07, 6.45) is 3.66. The number of likely N-dealkylation sites (N-methyl/N-ethyl adjacent to an activating group) is 2. The molecule has 4 aromatic rings. The molecular formula is C22H20N4O2. The lowest BCUT2D eigenvalue weighted by molar-refractivity contribution is -0.159.